The molecule has 0 bridgehead atoms. The number of anilines is 2. The van der Waals surface area contributed by atoms with Gasteiger partial charge in [-0.15, -0.1) is 0 Å². The van der Waals surface area contributed by atoms with E-state index in [0.717, 1.165) is 11.1 Å². The van der Waals surface area contributed by atoms with Crippen LogP contribution in [-0.4, -0.2) is 24.8 Å². The van der Waals surface area contributed by atoms with Gasteiger partial charge in [0, 0.05) is 33.9 Å². The van der Waals surface area contributed by atoms with E-state index in [4.69, 9.17) is 16.3 Å². The third kappa shape index (κ3) is 4.82. The summed E-state index contributed by atoms with van der Waals surface area (Å²) in [7, 11) is 0. The zero-order valence-electron chi connectivity index (χ0n) is 19.0. The topological polar surface area (TPSA) is 75.7 Å². The Hall–Kier alpha value is -3.64. The normalized spacial score (nSPS) is 15.1. The van der Waals surface area contributed by atoms with Crippen LogP contribution in [0.5, 0.6) is 0 Å². The first-order valence-electron chi connectivity index (χ1n) is 11.1. The molecule has 34 heavy (non-hydrogen) atoms. The van der Waals surface area contributed by atoms with Gasteiger partial charge in [-0.25, -0.2) is 0 Å². The molecule has 0 saturated carbocycles. The van der Waals surface area contributed by atoms with Crippen LogP contribution >= 0.6 is 11.6 Å². The van der Waals surface area contributed by atoms with Gasteiger partial charge >= 0.3 is 0 Å². The molecule has 0 spiro atoms. The molecule has 0 aromatic heterocycles. The maximum absolute atomic E-state index is 13.6. The second kappa shape index (κ2) is 10.1. The number of carbonyl (C=O) groups is 3. The Kier molecular flexibility index (Phi) is 6.98. The lowest BCUT2D eigenvalue weighted by molar-refractivity contribution is -0.134. The summed E-state index contributed by atoms with van der Waals surface area (Å²) in [5, 5.41) is 3.42. The highest BCUT2D eigenvalue weighted by Crippen LogP contribution is 2.37. The first-order valence-corrected chi connectivity index (χ1v) is 11.4. The fourth-order valence-corrected chi connectivity index (χ4v) is 4.49. The van der Waals surface area contributed by atoms with E-state index < -0.39 is 6.10 Å². The molecule has 6 nitrogen and oxygen atoms in total. The predicted molar refractivity (Wildman–Crippen MR) is 133 cm³/mol. The van der Waals surface area contributed by atoms with Gasteiger partial charge in [0.25, 0.3) is 18.3 Å². The molecule has 0 radical (unpaired) electrons. The Morgan fingerprint density at radius 1 is 1.03 bits per heavy atom. The molecule has 1 aliphatic heterocycles. The number of hydrogen-bond donors (Lipinski definition) is 1. The summed E-state index contributed by atoms with van der Waals surface area (Å²) in [6.07, 6.45) is 0.808. The highest BCUT2D eigenvalue weighted by atomic mass is 35.5. The quantitative estimate of drug-likeness (QED) is 0.468. The summed E-state index contributed by atoms with van der Waals surface area (Å²) in [4.78, 5) is 39.0. The van der Waals surface area contributed by atoms with E-state index in [2.05, 4.69) is 5.32 Å². The van der Waals surface area contributed by atoms with Crippen LogP contribution in [0.1, 0.15) is 56.4 Å². The van der Waals surface area contributed by atoms with Crippen molar-refractivity contribution in [2.75, 3.05) is 16.8 Å². The lowest BCUT2D eigenvalue weighted by atomic mass is 10.0. The smallest absolute Gasteiger partial charge is 0.293 e. The van der Waals surface area contributed by atoms with E-state index in [-0.39, 0.29) is 11.8 Å². The van der Waals surface area contributed by atoms with E-state index >= 15 is 0 Å². The monoisotopic (exact) mass is 476 g/mol. The number of rotatable bonds is 5. The number of carbonyl (C=O) groups excluding carboxylic acids is 3. The molecule has 0 fully saturated rings. The standard InChI is InChI=1S/C27H25ClN2O4/c1-17-6-3-4-7-21(17)26(32)29-20-10-11-22(18(2)14-20)27(33)30-13-5-8-25(34-16-31)23-15-19(28)9-12-24(23)30/h3-4,6-7,9-12,14-16,25H,5,8,13H2,1-2H3,(H,29,32). The van der Waals surface area contributed by atoms with Crippen LogP contribution in [-0.2, 0) is 9.53 Å². The van der Waals surface area contributed by atoms with Crippen molar-refractivity contribution in [2.45, 2.75) is 32.8 Å². The minimum absolute atomic E-state index is 0.162. The number of benzene rings is 3. The summed E-state index contributed by atoms with van der Waals surface area (Å²) < 4.78 is 5.28. The number of halogens is 1. The van der Waals surface area contributed by atoms with Gasteiger partial charge < -0.3 is 15.0 Å². The molecule has 0 aliphatic carbocycles. The summed E-state index contributed by atoms with van der Waals surface area (Å²) >= 11 is 6.20. The molecule has 2 amide bonds. The fourth-order valence-electron chi connectivity index (χ4n) is 4.31. The van der Waals surface area contributed by atoms with Crippen molar-refractivity contribution in [3.8, 4) is 0 Å². The van der Waals surface area contributed by atoms with Crippen molar-refractivity contribution in [1.29, 1.82) is 0 Å². The molecule has 0 saturated heterocycles. The third-order valence-corrected chi connectivity index (χ3v) is 6.28. The summed E-state index contributed by atoms with van der Waals surface area (Å²) in [5.74, 6) is -0.360. The average Bonchev–Trinajstić information content (AvgIpc) is 2.98. The number of nitrogens with zero attached hydrogens (tertiary/aromatic N) is 1. The van der Waals surface area contributed by atoms with Gasteiger partial charge in [0.2, 0.25) is 0 Å². The SMILES string of the molecule is Cc1ccccc1C(=O)Nc1ccc(C(=O)N2CCCC(OC=O)c3cc(Cl)ccc32)c(C)c1. The number of aryl methyl sites for hydroxylation is 2. The summed E-state index contributed by atoms with van der Waals surface area (Å²) in [5.41, 5.74) is 4.77. The maximum atomic E-state index is 13.6. The number of amides is 2. The van der Waals surface area contributed by atoms with Gasteiger partial charge in [-0.2, -0.15) is 0 Å². The molecule has 3 aromatic carbocycles. The van der Waals surface area contributed by atoms with E-state index in [1.807, 2.05) is 32.0 Å². The zero-order valence-corrected chi connectivity index (χ0v) is 19.8. The Morgan fingerprint density at radius 3 is 2.56 bits per heavy atom. The van der Waals surface area contributed by atoms with Crippen molar-refractivity contribution >= 4 is 41.3 Å². The van der Waals surface area contributed by atoms with Crippen molar-refractivity contribution in [3.63, 3.8) is 0 Å². The van der Waals surface area contributed by atoms with Gasteiger partial charge in [0.05, 0.1) is 5.69 Å². The Bertz CT molecular complexity index is 1260. The van der Waals surface area contributed by atoms with Crippen molar-refractivity contribution < 1.29 is 19.1 Å². The molecule has 174 valence electrons. The highest BCUT2D eigenvalue weighted by Gasteiger charge is 2.29. The molecule has 1 N–H and O–H groups in total. The molecular weight excluding hydrogens is 452 g/mol. The highest BCUT2D eigenvalue weighted by molar-refractivity contribution is 6.30. The van der Waals surface area contributed by atoms with E-state index in [1.165, 1.54) is 0 Å². The van der Waals surface area contributed by atoms with E-state index in [1.54, 1.807) is 47.4 Å². The van der Waals surface area contributed by atoms with Crippen LogP contribution in [0, 0.1) is 13.8 Å². The van der Waals surface area contributed by atoms with Crippen LogP contribution in [0.4, 0.5) is 11.4 Å². The second-order valence-electron chi connectivity index (χ2n) is 8.32. The van der Waals surface area contributed by atoms with Gasteiger partial charge in [-0.3, -0.25) is 14.4 Å². The first-order chi connectivity index (χ1) is 16.4. The Balaban J connectivity index is 1.60. The lowest BCUT2D eigenvalue weighted by Gasteiger charge is -2.25. The molecule has 7 heteroatoms. The number of fused-ring (bicyclic) bond motifs is 1. The lowest BCUT2D eigenvalue weighted by Crippen LogP contribution is -2.32. The van der Waals surface area contributed by atoms with Gasteiger partial charge in [-0.1, -0.05) is 29.8 Å². The molecule has 4 rings (SSSR count). The minimum Gasteiger partial charge on any atom is -0.460 e. The Morgan fingerprint density at radius 2 is 1.82 bits per heavy atom. The van der Waals surface area contributed by atoms with Crippen molar-refractivity contribution in [3.05, 3.63) is 93.5 Å². The fraction of sp³-hybridized carbons (Fsp3) is 0.222. The van der Waals surface area contributed by atoms with Crippen LogP contribution in [0.3, 0.4) is 0 Å². The van der Waals surface area contributed by atoms with E-state index in [0.29, 0.717) is 58.9 Å². The van der Waals surface area contributed by atoms with Crippen LogP contribution in [0.2, 0.25) is 5.02 Å². The molecule has 1 heterocycles. The van der Waals surface area contributed by atoms with E-state index in [9.17, 15) is 14.4 Å². The molecule has 1 aliphatic rings. The summed E-state index contributed by atoms with van der Waals surface area (Å²) in [6, 6.07) is 17.9. The molecule has 3 aromatic rings. The Labute approximate surface area is 203 Å². The number of ether oxygens (including phenoxy) is 1. The van der Waals surface area contributed by atoms with Gasteiger partial charge in [0.15, 0.2) is 0 Å². The maximum Gasteiger partial charge on any atom is 0.293 e. The van der Waals surface area contributed by atoms with Crippen molar-refractivity contribution in [2.24, 2.45) is 0 Å². The summed E-state index contributed by atoms with van der Waals surface area (Å²) in [6.45, 7) is 4.65. The molecule has 1 unspecified atom stereocenters. The van der Waals surface area contributed by atoms with Crippen LogP contribution in [0.15, 0.2) is 60.7 Å². The largest absolute Gasteiger partial charge is 0.460 e. The van der Waals surface area contributed by atoms with Crippen molar-refractivity contribution in [1.82, 2.24) is 0 Å². The second-order valence-corrected chi connectivity index (χ2v) is 8.76. The van der Waals surface area contributed by atoms with Gasteiger partial charge in [-0.05, 0) is 80.3 Å². The first kappa shape index (κ1) is 23.5. The zero-order chi connectivity index (χ0) is 24.2. The molecule has 1 atom stereocenters. The number of nitrogens with one attached hydrogen (secondary N) is 1. The average molecular weight is 477 g/mol. The molecular formula is C27H25ClN2O4. The minimum atomic E-state index is -0.455. The van der Waals surface area contributed by atoms with Crippen LogP contribution in [0.25, 0.3) is 0 Å². The van der Waals surface area contributed by atoms with Gasteiger partial charge in [0.1, 0.15) is 6.10 Å². The third-order valence-electron chi connectivity index (χ3n) is 6.04. The predicted octanol–water partition coefficient (Wildman–Crippen LogP) is 5.86. The number of hydrogen-bond acceptors (Lipinski definition) is 4. The van der Waals surface area contributed by atoms with Crippen LogP contribution < -0.4 is 10.2 Å².